The van der Waals surface area contributed by atoms with E-state index in [9.17, 15) is 19.8 Å². The standard InChI is InChI=1S/C18H20ClNO2S.C4H4O4/c19-14-5-6-18-15(12-14)16(20(7-9-21)8-10-22)11-13-3-1-2-4-17(13)23-18;5-3(6)1-2-4(7)8/h1-6,12,16,21-22H,7-11H2;1-2H,(H,5,6)(H,7,8)/b;2-1-. The Morgan fingerprint density at radius 3 is 2.19 bits per heavy atom. The number of halogens is 1. The molecule has 2 aromatic carbocycles. The van der Waals surface area contributed by atoms with Crippen molar-refractivity contribution < 1.29 is 30.0 Å². The van der Waals surface area contributed by atoms with Crippen molar-refractivity contribution in [2.75, 3.05) is 26.3 Å². The summed E-state index contributed by atoms with van der Waals surface area (Å²) in [6.07, 6.45) is 1.96. The molecule has 1 heterocycles. The minimum Gasteiger partial charge on any atom is -0.478 e. The molecule has 0 radical (unpaired) electrons. The maximum atomic E-state index is 9.55. The van der Waals surface area contributed by atoms with E-state index in [1.165, 1.54) is 20.9 Å². The number of aliphatic hydroxyl groups excluding tert-OH is 2. The third-order valence-corrected chi connectivity index (χ3v) is 5.97. The number of hydrogen-bond acceptors (Lipinski definition) is 6. The van der Waals surface area contributed by atoms with Crippen LogP contribution in [-0.2, 0) is 16.0 Å². The van der Waals surface area contributed by atoms with Gasteiger partial charge in [-0.2, -0.15) is 0 Å². The summed E-state index contributed by atoms with van der Waals surface area (Å²) in [5.41, 5.74) is 2.45. The minimum absolute atomic E-state index is 0.0706. The molecule has 1 atom stereocenters. The van der Waals surface area contributed by atoms with Gasteiger partial charge in [0.2, 0.25) is 0 Å². The summed E-state index contributed by atoms with van der Waals surface area (Å²) in [6.45, 7) is 1.20. The Hall–Kier alpha value is -2.36. The topological polar surface area (TPSA) is 118 Å². The van der Waals surface area contributed by atoms with Gasteiger partial charge in [-0.3, -0.25) is 4.90 Å². The van der Waals surface area contributed by atoms with E-state index in [-0.39, 0.29) is 19.3 Å². The van der Waals surface area contributed by atoms with E-state index < -0.39 is 11.9 Å². The summed E-state index contributed by atoms with van der Waals surface area (Å²) in [4.78, 5) is 23.7. The van der Waals surface area contributed by atoms with Crippen LogP contribution in [0.5, 0.6) is 0 Å². The molecule has 0 saturated heterocycles. The highest BCUT2D eigenvalue weighted by Gasteiger charge is 2.27. The average molecular weight is 466 g/mol. The number of benzene rings is 2. The van der Waals surface area contributed by atoms with Crippen LogP contribution in [0.3, 0.4) is 0 Å². The molecule has 7 nitrogen and oxygen atoms in total. The summed E-state index contributed by atoms with van der Waals surface area (Å²) >= 11 is 8.00. The number of rotatable bonds is 7. The zero-order chi connectivity index (χ0) is 22.8. The van der Waals surface area contributed by atoms with Gasteiger partial charge < -0.3 is 20.4 Å². The third kappa shape index (κ3) is 7.68. The van der Waals surface area contributed by atoms with Gasteiger partial charge in [-0.15, -0.1) is 0 Å². The predicted molar refractivity (Wildman–Crippen MR) is 119 cm³/mol. The molecule has 4 N–H and O–H groups in total. The molecule has 9 heteroatoms. The van der Waals surface area contributed by atoms with E-state index >= 15 is 0 Å². The van der Waals surface area contributed by atoms with Crippen molar-refractivity contribution in [3.05, 3.63) is 70.8 Å². The number of nitrogens with zero attached hydrogens (tertiary/aromatic N) is 1. The van der Waals surface area contributed by atoms with Crippen LogP contribution in [0.25, 0.3) is 0 Å². The highest BCUT2D eigenvalue weighted by molar-refractivity contribution is 7.99. The Morgan fingerprint density at radius 2 is 1.61 bits per heavy atom. The summed E-state index contributed by atoms with van der Waals surface area (Å²) in [6, 6.07) is 14.5. The van der Waals surface area contributed by atoms with Crippen LogP contribution in [0.2, 0.25) is 5.02 Å². The van der Waals surface area contributed by atoms with Crippen LogP contribution in [0.4, 0.5) is 0 Å². The normalized spacial score (nSPS) is 14.9. The van der Waals surface area contributed by atoms with Crippen LogP contribution in [0.15, 0.2) is 64.4 Å². The van der Waals surface area contributed by atoms with E-state index in [1.54, 1.807) is 11.8 Å². The van der Waals surface area contributed by atoms with Crippen molar-refractivity contribution in [2.45, 2.75) is 22.3 Å². The second-order valence-electron chi connectivity index (χ2n) is 6.60. The highest BCUT2D eigenvalue weighted by atomic mass is 35.5. The van der Waals surface area contributed by atoms with E-state index in [2.05, 4.69) is 35.2 Å². The fraction of sp³-hybridized carbons (Fsp3) is 0.273. The first-order chi connectivity index (χ1) is 14.8. The molecule has 0 saturated carbocycles. The van der Waals surface area contributed by atoms with E-state index in [0.29, 0.717) is 30.3 Å². The van der Waals surface area contributed by atoms with E-state index in [1.807, 2.05) is 12.1 Å². The van der Waals surface area contributed by atoms with Crippen molar-refractivity contribution in [1.29, 1.82) is 0 Å². The molecule has 166 valence electrons. The van der Waals surface area contributed by atoms with Gasteiger partial charge in [0, 0.05) is 46.1 Å². The second-order valence-corrected chi connectivity index (χ2v) is 8.13. The first-order valence-electron chi connectivity index (χ1n) is 9.50. The van der Waals surface area contributed by atoms with Crippen molar-refractivity contribution >= 4 is 35.3 Å². The van der Waals surface area contributed by atoms with Crippen LogP contribution in [0, 0.1) is 0 Å². The number of carboxylic acids is 2. The number of aliphatic hydroxyl groups is 2. The van der Waals surface area contributed by atoms with Gasteiger partial charge in [0.25, 0.3) is 0 Å². The number of carbonyl (C=O) groups is 2. The molecule has 31 heavy (non-hydrogen) atoms. The highest BCUT2D eigenvalue weighted by Crippen LogP contribution is 2.43. The molecule has 0 bridgehead atoms. The first kappa shape index (κ1) is 24.9. The monoisotopic (exact) mass is 465 g/mol. The molecular formula is C22H24ClNO6S. The Morgan fingerprint density at radius 1 is 1.00 bits per heavy atom. The molecule has 1 aliphatic heterocycles. The van der Waals surface area contributed by atoms with Crippen molar-refractivity contribution in [1.82, 2.24) is 4.90 Å². The maximum Gasteiger partial charge on any atom is 0.328 e. The summed E-state index contributed by atoms with van der Waals surface area (Å²) in [5.74, 6) is -2.51. The lowest BCUT2D eigenvalue weighted by molar-refractivity contribution is -0.134. The Labute approximate surface area is 189 Å². The van der Waals surface area contributed by atoms with Gasteiger partial charge in [0.1, 0.15) is 0 Å². The molecule has 0 aromatic heterocycles. The van der Waals surface area contributed by atoms with Crippen molar-refractivity contribution in [2.24, 2.45) is 0 Å². The smallest absolute Gasteiger partial charge is 0.328 e. The van der Waals surface area contributed by atoms with Gasteiger partial charge in [-0.25, -0.2) is 9.59 Å². The van der Waals surface area contributed by atoms with Gasteiger partial charge >= 0.3 is 11.9 Å². The number of carboxylic acid groups (broad SMARTS) is 2. The molecule has 0 aliphatic carbocycles. The van der Waals surface area contributed by atoms with Crippen LogP contribution >= 0.6 is 23.4 Å². The fourth-order valence-corrected chi connectivity index (χ4v) is 4.53. The van der Waals surface area contributed by atoms with Crippen molar-refractivity contribution in [3.8, 4) is 0 Å². The Kier molecular flexibility index (Phi) is 10.0. The first-order valence-corrected chi connectivity index (χ1v) is 10.7. The lowest BCUT2D eigenvalue weighted by Crippen LogP contribution is -2.35. The number of hydrogen-bond donors (Lipinski definition) is 4. The molecule has 3 rings (SSSR count). The predicted octanol–water partition coefficient (Wildman–Crippen LogP) is 3.09. The molecule has 0 amide bonds. The zero-order valence-corrected chi connectivity index (χ0v) is 18.2. The molecule has 0 spiro atoms. The Balaban J connectivity index is 0.000000366. The van der Waals surface area contributed by atoms with Gasteiger partial charge in [-0.05, 0) is 41.8 Å². The average Bonchev–Trinajstić information content (AvgIpc) is 2.89. The van der Waals surface area contributed by atoms with Crippen LogP contribution in [0.1, 0.15) is 17.2 Å². The van der Waals surface area contributed by atoms with E-state index in [4.69, 9.17) is 21.8 Å². The minimum atomic E-state index is -1.26. The SMILES string of the molecule is O=C(O)/C=C\C(=O)O.OCCN(CCO)C1Cc2ccccc2Sc2ccc(Cl)cc21. The lowest BCUT2D eigenvalue weighted by atomic mass is 9.97. The largest absolute Gasteiger partial charge is 0.478 e. The van der Waals surface area contributed by atoms with E-state index in [0.717, 1.165) is 6.42 Å². The third-order valence-electron chi connectivity index (χ3n) is 4.52. The van der Waals surface area contributed by atoms with Gasteiger partial charge in [0.05, 0.1) is 13.2 Å². The molecule has 2 aromatic rings. The zero-order valence-electron chi connectivity index (χ0n) is 16.6. The number of aliphatic carboxylic acids is 2. The molecular weight excluding hydrogens is 442 g/mol. The summed E-state index contributed by atoms with van der Waals surface area (Å²) in [5, 5.41) is 35.2. The second kappa shape index (κ2) is 12.5. The maximum absolute atomic E-state index is 9.55. The molecule has 1 unspecified atom stereocenters. The van der Waals surface area contributed by atoms with Crippen molar-refractivity contribution in [3.63, 3.8) is 0 Å². The lowest BCUT2D eigenvalue weighted by Gasteiger charge is -2.31. The molecule has 1 aliphatic rings. The van der Waals surface area contributed by atoms with Gasteiger partial charge in [-0.1, -0.05) is 41.6 Å². The van der Waals surface area contributed by atoms with Crippen LogP contribution < -0.4 is 0 Å². The quantitative estimate of drug-likeness (QED) is 0.461. The van der Waals surface area contributed by atoms with Gasteiger partial charge in [0.15, 0.2) is 0 Å². The fourth-order valence-electron chi connectivity index (χ4n) is 3.23. The Bertz CT molecular complexity index is 914. The summed E-state index contributed by atoms with van der Waals surface area (Å²) in [7, 11) is 0. The molecule has 0 fully saturated rings. The van der Waals surface area contributed by atoms with Crippen LogP contribution in [-0.4, -0.2) is 63.6 Å². The summed E-state index contributed by atoms with van der Waals surface area (Å²) < 4.78 is 0. The number of fused-ring (bicyclic) bond motifs is 2.